The molecule has 1 aromatic heterocycles. The van der Waals surface area contributed by atoms with Gasteiger partial charge in [0.2, 0.25) is 0 Å². The molecule has 2 heterocycles. The Bertz CT molecular complexity index is 436. The monoisotopic (exact) mass is 272 g/mol. The first-order valence-electron chi connectivity index (χ1n) is 5.84. The van der Waals surface area contributed by atoms with Gasteiger partial charge in [-0.25, -0.2) is 9.37 Å². The van der Waals surface area contributed by atoms with Gasteiger partial charge in [0.1, 0.15) is 11.0 Å². The molecule has 0 unspecified atom stereocenters. The average Bonchev–Trinajstić information content (AvgIpc) is 2.40. The first-order valence-corrected chi connectivity index (χ1v) is 6.21. The molecule has 1 aromatic rings. The highest BCUT2D eigenvalue weighted by molar-refractivity contribution is 6.32. The fourth-order valence-electron chi connectivity index (χ4n) is 1.86. The van der Waals surface area contributed by atoms with Crippen molar-refractivity contribution in [3.63, 3.8) is 0 Å². The number of carbonyl (C=O) groups excluding carboxylic acids is 1. The van der Waals surface area contributed by atoms with E-state index < -0.39 is 11.7 Å². The van der Waals surface area contributed by atoms with Crippen LogP contribution in [-0.4, -0.2) is 30.6 Å². The highest BCUT2D eigenvalue weighted by Gasteiger charge is 2.17. The first kappa shape index (κ1) is 13.2. The van der Waals surface area contributed by atoms with Crippen LogP contribution >= 0.6 is 11.6 Å². The molecule has 1 fully saturated rings. The normalized spacial score (nSPS) is 16.6. The van der Waals surface area contributed by atoms with Crippen molar-refractivity contribution in [3.8, 4) is 0 Å². The van der Waals surface area contributed by atoms with E-state index in [9.17, 15) is 9.18 Å². The predicted octanol–water partition coefficient (Wildman–Crippen LogP) is 2.03. The van der Waals surface area contributed by atoms with E-state index in [0.29, 0.717) is 12.5 Å². The predicted molar refractivity (Wildman–Crippen MR) is 65.1 cm³/mol. The maximum atomic E-state index is 13.0. The molecule has 2 rings (SSSR count). The fourth-order valence-corrected chi connectivity index (χ4v) is 2.05. The van der Waals surface area contributed by atoms with Gasteiger partial charge < -0.3 is 10.1 Å². The zero-order chi connectivity index (χ0) is 13.0. The van der Waals surface area contributed by atoms with Gasteiger partial charge in [-0.15, -0.1) is 0 Å². The number of halogens is 2. The summed E-state index contributed by atoms with van der Waals surface area (Å²) in [5.41, 5.74) is 0.0729. The lowest BCUT2D eigenvalue weighted by Crippen LogP contribution is -2.32. The van der Waals surface area contributed by atoms with Gasteiger partial charge in [-0.2, -0.15) is 0 Å². The van der Waals surface area contributed by atoms with Crippen molar-refractivity contribution in [3.05, 3.63) is 28.8 Å². The second-order valence-electron chi connectivity index (χ2n) is 4.26. The highest BCUT2D eigenvalue weighted by atomic mass is 35.5. The summed E-state index contributed by atoms with van der Waals surface area (Å²) in [6.45, 7) is 2.00. The van der Waals surface area contributed by atoms with Gasteiger partial charge in [0.05, 0.1) is 11.8 Å². The average molecular weight is 273 g/mol. The number of ether oxygens (including phenoxy) is 1. The van der Waals surface area contributed by atoms with Gasteiger partial charge in [-0.05, 0) is 24.8 Å². The topological polar surface area (TPSA) is 51.2 Å². The molecule has 4 nitrogen and oxygen atoms in total. The highest BCUT2D eigenvalue weighted by Crippen LogP contribution is 2.16. The lowest BCUT2D eigenvalue weighted by Gasteiger charge is -2.22. The number of nitrogens with zero attached hydrogens (tertiary/aromatic N) is 1. The minimum Gasteiger partial charge on any atom is -0.381 e. The molecule has 98 valence electrons. The Labute approximate surface area is 109 Å². The molecule has 6 heteroatoms. The maximum Gasteiger partial charge on any atom is 0.254 e. The lowest BCUT2D eigenvalue weighted by molar-refractivity contribution is 0.0642. The minimum absolute atomic E-state index is 0.0147. The summed E-state index contributed by atoms with van der Waals surface area (Å²) >= 11 is 5.75. The van der Waals surface area contributed by atoms with Crippen LogP contribution in [0.2, 0.25) is 5.15 Å². The molecule has 1 aliphatic heterocycles. The summed E-state index contributed by atoms with van der Waals surface area (Å²) in [7, 11) is 0. The molecule has 0 aromatic carbocycles. The van der Waals surface area contributed by atoms with Crippen molar-refractivity contribution < 1.29 is 13.9 Å². The van der Waals surface area contributed by atoms with Crippen LogP contribution in [0.25, 0.3) is 0 Å². The molecular weight excluding hydrogens is 259 g/mol. The molecule has 0 bridgehead atoms. The van der Waals surface area contributed by atoms with Crippen LogP contribution in [0.15, 0.2) is 12.3 Å². The molecular formula is C12H14ClFN2O2. The minimum atomic E-state index is -0.574. The Morgan fingerprint density at radius 2 is 2.28 bits per heavy atom. The van der Waals surface area contributed by atoms with Crippen LogP contribution in [-0.2, 0) is 4.74 Å². The summed E-state index contributed by atoms with van der Waals surface area (Å²) in [5, 5.41) is 2.77. The third kappa shape index (κ3) is 3.40. The summed E-state index contributed by atoms with van der Waals surface area (Å²) in [6.07, 6.45) is 2.84. The molecule has 1 aliphatic rings. The first-order chi connectivity index (χ1) is 8.66. The Hall–Kier alpha value is -1.20. The molecule has 0 atom stereocenters. The summed E-state index contributed by atoms with van der Waals surface area (Å²) < 4.78 is 18.2. The van der Waals surface area contributed by atoms with Crippen molar-refractivity contribution in [1.29, 1.82) is 0 Å². The third-order valence-corrected chi connectivity index (χ3v) is 3.24. The number of amides is 1. The van der Waals surface area contributed by atoms with Crippen molar-refractivity contribution in [2.24, 2.45) is 5.92 Å². The van der Waals surface area contributed by atoms with Gasteiger partial charge >= 0.3 is 0 Å². The lowest BCUT2D eigenvalue weighted by atomic mass is 10.0. The van der Waals surface area contributed by atoms with Gasteiger partial charge in [0.25, 0.3) is 5.91 Å². The quantitative estimate of drug-likeness (QED) is 0.857. The van der Waals surface area contributed by atoms with E-state index in [2.05, 4.69) is 10.3 Å². The Morgan fingerprint density at radius 3 is 3.00 bits per heavy atom. The fraction of sp³-hybridized carbons (Fsp3) is 0.500. The van der Waals surface area contributed by atoms with Gasteiger partial charge in [-0.1, -0.05) is 11.6 Å². The van der Waals surface area contributed by atoms with Crippen LogP contribution in [0.4, 0.5) is 4.39 Å². The largest absolute Gasteiger partial charge is 0.381 e. The zero-order valence-corrected chi connectivity index (χ0v) is 10.5. The molecule has 0 spiro atoms. The maximum absolute atomic E-state index is 13.0. The zero-order valence-electron chi connectivity index (χ0n) is 9.79. The standard InChI is InChI=1S/C12H14ClFN2O2/c13-11-10(5-9(14)7-15-11)12(17)16-6-8-1-3-18-4-2-8/h5,7-8H,1-4,6H2,(H,16,17). The molecule has 0 radical (unpaired) electrons. The number of aromatic nitrogens is 1. The smallest absolute Gasteiger partial charge is 0.254 e. The summed E-state index contributed by atoms with van der Waals surface area (Å²) in [5.74, 6) is -0.558. The van der Waals surface area contributed by atoms with Crippen LogP contribution < -0.4 is 5.32 Å². The van der Waals surface area contributed by atoms with Crippen molar-refractivity contribution in [2.75, 3.05) is 19.8 Å². The van der Waals surface area contributed by atoms with Crippen LogP contribution in [0.1, 0.15) is 23.2 Å². The van der Waals surface area contributed by atoms with E-state index in [1.807, 2.05) is 0 Å². The third-order valence-electron chi connectivity index (χ3n) is 2.94. The SMILES string of the molecule is O=C(NCC1CCOCC1)c1cc(F)cnc1Cl. The van der Waals surface area contributed by atoms with Crippen molar-refractivity contribution >= 4 is 17.5 Å². The van der Waals surface area contributed by atoms with Crippen LogP contribution in [0.3, 0.4) is 0 Å². The van der Waals surface area contributed by atoms with Gasteiger partial charge in [0, 0.05) is 19.8 Å². The molecule has 18 heavy (non-hydrogen) atoms. The Kier molecular flexibility index (Phi) is 4.49. The van der Waals surface area contributed by atoms with Crippen molar-refractivity contribution in [1.82, 2.24) is 10.3 Å². The van der Waals surface area contributed by atoms with E-state index in [4.69, 9.17) is 16.3 Å². The van der Waals surface area contributed by atoms with E-state index in [1.165, 1.54) is 0 Å². The van der Waals surface area contributed by atoms with E-state index in [-0.39, 0.29) is 10.7 Å². The van der Waals surface area contributed by atoms with Crippen LogP contribution in [0, 0.1) is 11.7 Å². The number of carbonyl (C=O) groups is 1. The number of pyridine rings is 1. The number of nitrogens with one attached hydrogen (secondary N) is 1. The van der Waals surface area contributed by atoms with Gasteiger partial charge in [0.15, 0.2) is 0 Å². The van der Waals surface area contributed by atoms with Gasteiger partial charge in [-0.3, -0.25) is 4.79 Å². The van der Waals surface area contributed by atoms with E-state index in [1.54, 1.807) is 0 Å². The molecule has 0 aliphatic carbocycles. The second kappa shape index (κ2) is 6.11. The Balaban J connectivity index is 1.92. The van der Waals surface area contributed by atoms with E-state index >= 15 is 0 Å². The molecule has 1 saturated heterocycles. The number of rotatable bonds is 3. The molecule has 1 amide bonds. The number of hydrogen-bond acceptors (Lipinski definition) is 3. The van der Waals surface area contributed by atoms with Crippen LogP contribution in [0.5, 0.6) is 0 Å². The number of hydrogen-bond donors (Lipinski definition) is 1. The summed E-state index contributed by atoms with van der Waals surface area (Å²) in [6, 6.07) is 1.09. The van der Waals surface area contributed by atoms with Crippen molar-refractivity contribution in [2.45, 2.75) is 12.8 Å². The summed E-state index contributed by atoms with van der Waals surface area (Å²) in [4.78, 5) is 15.4. The second-order valence-corrected chi connectivity index (χ2v) is 4.62. The molecule has 0 saturated carbocycles. The Morgan fingerprint density at radius 1 is 1.56 bits per heavy atom. The van der Waals surface area contributed by atoms with E-state index in [0.717, 1.165) is 38.3 Å². The molecule has 1 N–H and O–H groups in total.